The summed E-state index contributed by atoms with van der Waals surface area (Å²) in [6, 6.07) is 4.63. The molecule has 0 atom stereocenters. The van der Waals surface area contributed by atoms with Crippen LogP contribution in [0.4, 0.5) is 0 Å². The molecule has 0 saturated carbocycles. The van der Waals surface area contributed by atoms with Gasteiger partial charge in [-0.3, -0.25) is 0 Å². The van der Waals surface area contributed by atoms with E-state index in [0.29, 0.717) is 37.8 Å². The van der Waals surface area contributed by atoms with E-state index in [9.17, 15) is 8.42 Å². The second-order valence-electron chi connectivity index (χ2n) is 4.28. The van der Waals surface area contributed by atoms with Gasteiger partial charge in [0.2, 0.25) is 10.0 Å². The Morgan fingerprint density at radius 2 is 1.89 bits per heavy atom. The number of sulfonamides is 1. The second kappa shape index (κ2) is 4.42. The average Bonchev–Trinajstić information content (AvgIpc) is 2.33. The third kappa shape index (κ3) is 2.16. The van der Waals surface area contributed by atoms with Gasteiger partial charge in [-0.1, -0.05) is 0 Å². The fourth-order valence-electron chi connectivity index (χ4n) is 1.85. The Labute approximate surface area is 105 Å². The Bertz CT molecular complexity index is 554. The lowest BCUT2D eigenvalue weighted by atomic mass is 10.2. The lowest BCUT2D eigenvalue weighted by Crippen LogP contribution is -2.56. The molecule has 0 aliphatic carbocycles. The predicted octanol–water partition coefficient (Wildman–Crippen LogP) is -0.292. The molecule has 0 bridgehead atoms. The Morgan fingerprint density at radius 1 is 1.17 bits per heavy atom. The van der Waals surface area contributed by atoms with Crippen molar-refractivity contribution in [3.05, 3.63) is 18.2 Å². The SMILES string of the molecule is O=S(=O)(NC1CNC1)c1ccc2c(c1)OCCO2. The number of hydrogen-bond donors (Lipinski definition) is 2. The van der Waals surface area contributed by atoms with Crippen LogP contribution in [0.3, 0.4) is 0 Å². The van der Waals surface area contributed by atoms with Gasteiger partial charge in [0.25, 0.3) is 0 Å². The fraction of sp³-hybridized carbons (Fsp3) is 0.455. The molecule has 1 aromatic rings. The molecule has 1 saturated heterocycles. The van der Waals surface area contributed by atoms with Gasteiger partial charge < -0.3 is 14.8 Å². The second-order valence-corrected chi connectivity index (χ2v) is 6.00. The van der Waals surface area contributed by atoms with E-state index in [0.717, 1.165) is 0 Å². The molecule has 6 nitrogen and oxygen atoms in total. The first-order chi connectivity index (χ1) is 8.65. The Kier molecular flexibility index (Phi) is 2.89. The summed E-state index contributed by atoms with van der Waals surface area (Å²) in [5.74, 6) is 1.07. The Balaban J connectivity index is 1.86. The molecular weight excluding hydrogens is 256 g/mol. The summed E-state index contributed by atoms with van der Waals surface area (Å²) in [5, 5.41) is 3.01. The van der Waals surface area contributed by atoms with Crippen LogP contribution in [0.25, 0.3) is 0 Å². The van der Waals surface area contributed by atoms with Gasteiger partial charge in [-0.05, 0) is 12.1 Å². The smallest absolute Gasteiger partial charge is 0.241 e. The van der Waals surface area contributed by atoms with Gasteiger partial charge in [0.05, 0.1) is 4.90 Å². The summed E-state index contributed by atoms with van der Waals surface area (Å²) in [7, 11) is -3.48. The highest BCUT2D eigenvalue weighted by Crippen LogP contribution is 2.32. The molecule has 0 spiro atoms. The van der Waals surface area contributed by atoms with Crippen LogP contribution >= 0.6 is 0 Å². The van der Waals surface area contributed by atoms with E-state index < -0.39 is 10.0 Å². The minimum Gasteiger partial charge on any atom is -0.486 e. The molecule has 0 radical (unpaired) electrons. The summed E-state index contributed by atoms with van der Waals surface area (Å²) >= 11 is 0. The zero-order chi connectivity index (χ0) is 12.6. The lowest BCUT2D eigenvalue weighted by molar-refractivity contribution is 0.171. The van der Waals surface area contributed by atoms with Gasteiger partial charge >= 0.3 is 0 Å². The van der Waals surface area contributed by atoms with E-state index in [1.165, 1.54) is 12.1 Å². The number of benzene rings is 1. The van der Waals surface area contributed by atoms with Crippen molar-refractivity contribution >= 4 is 10.0 Å². The quantitative estimate of drug-likeness (QED) is 0.789. The molecule has 0 aromatic heterocycles. The van der Waals surface area contributed by atoms with Gasteiger partial charge in [0.1, 0.15) is 13.2 Å². The monoisotopic (exact) mass is 270 g/mol. The summed E-state index contributed by atoms with van der Waals surface area (Å²) in [4.78, 5) is 0.207. The van der Waals surface area contributed by atoms with E-state index in [-0.39, 0.29) is 10.9 Å². The molecule has 1 aromatic carbocycles. The Morgan fingerprint density at radius 3 is 2.56 bits per heavy atom. The number of rotatable bonds is 3. The van der Waals surface area contributed by atoms with Crippen LogP contribution in [-0.4, -0.2) is 40.8 Å². The van der Waals surface area contributed by atoms with Crippen LogP contribution in [0.5, 0.6) is 11.5 Å². The van der Waals surface area contributed by atoms with Crippen LogP contribution in [0.15, 0.2) is 23.1 Å². The van der Waals surface area contributed by atoms with Gasteiger partial charge in [-0.25, -0.2) is 13.1 Å². The maximum atomic E-state index is 12.1. The maximum Gasteiger partial charge on any atom is 0.241 e. The van der Waals surface area contributed by atoms with E-state index in [2.05, 4.69) is 10.0 Å². The van der Waals surface area contributed by atoms with Crippen LogP contribution in [0, 0.1) is 0 Å². The van der Waals surface area contributed by atoms with Crippen LogP contribution in [0.2, 0.25) is 0 Å². The molecule has 0 unspecified atom stereocenters. The van der Waals surface area contributed by atoms with Gasteiger partial charge in [-0.15, -0.1) is 0 Å². The number of fused-ring (bicyclic) bond motifs is 1. The first-order valence-corrected chi connectivity index (χ1v) is 7.26. The largest absolute Gasteiger partial charge is 0.486 e. The standard InChI is InChI=1S/C11H14N2O4S/c14-18(15,13-8-6-12-7-8)9-1-2-10-11(5-9)17-4-3-16-10/h1-2,5,8,12-13H,3-4,6-7H2. The molecule has 98 valence electrons. The van der Waals surface area contributed by atoms with E-state index in [1.54, 1.807) is 6.07 Å². The zero-order valence-corrected chi connectivity index (χ0v) is 10.5. The minimum absolute atomic E-state index is 0.0248. The van der Waals surface area contributed by atoms with Gasteiger partial charge in [0, 0.05) is 25.2 Å². The first-order valence-electron chi connectivity index (χ1n) is 5.78. The molecule has 7 heteroatoms. The van der Waals surface area contributed by atoms with E-state index in [4.69, 9.17) is 9.47 Å². The zero-order valence-electron chi connectivity index (χ0n) is 9.68. The molecule has 2 N–H and O–H groups in total. The molecule has 2 heterocycles. The van der Waals surface area contributed by atoms with E-state index >= 15 is 0 Å². The van der Waals surface area contributed by atoms with Crippen molar-refractivity contribution in [3.63, 3.8) is 0 Å². The molecule has 18 heavy (non-hydrogen) atoms. The highest BCUT2D eigenvalue weighted by molar-refractivity contribution is 7.89. The van der Waals surface area contributed by atoms with Crippen LogP contribution in [-0.2, 0) is 10.0 Å². The summed E-state index contributed by atoms with van der Waals surface area (Å²) in [5.41, 5.74) is 0. The van der Waals surface area contributed by atoms with Crippen LogP contribution in [0.1, 0.15) is 0 Å². The number of hydrogen-bond acceptors (Lipinski definition) is 5. The van der Waals surface area contributed by atoms with Gasteiger partial charge in [-0.2, -0.15) is 0 Å². The van der Waals surface area contributed by atoms with Crippen LogP contribution < -0.4 is 19.5 Å². The summed E-state index contributed by atoms with van der Waals surface area (Å²) < 4.78 is 37.5. The Hall–Kier alpha value is -1.31. The van der Waals surface area contributed by atoms with Crippen molar-refractivity contribution in [1.29, 1.82) is 0 Å². The van der Waals surface area contributed by atoms with Gasteiger partial charge in [0.15, 0.2) is 11.5 Å². The highest BCUT2D eigenvalue weighted by Gasteiger charge is 2.25. The molecule has 0 amide bonds. The topological polar surface area (TPSA) is 76.7 Å². The van der Waals surface area contributed by atoms with Crippen molar-refractivity contribution in [2.24, 2.45) is 0 Å². The maximum absolute atomic E-state index is 12.1. The third-order valence-electron chi connectivity index (χ3n) is 2.93. The minimum atomic E-state index is -3.48. The summed E-state index contributed by atoms with van der Waals surface area (Å²) in [6.07, 6.45) is 0. The fourth-order valence-corrected chi connectivity index (χ4v) is 3.10. The van der Waals surface area contributed by atoms with Crippen molar-refractivity contribution in [1.82, 2.24) is 10.0 Å². The molecule has 2 aliphatic rings. The van der Waals surface area contributed by atoms with Crippen molar-refractivity contribution < 1.29 is 17.9 Å². The van der Waals surface area contributed by atoms with Crippen molar-refractivity contribution in [3.8, 4) is 11.5 Å². The number of nitrogens with one attached hydrogen (secondary N) is 2. The lowest BCUT2D eigenvalue weighted by Gasteiger charge is -2.27. The van der Waals surface area contributed by atoms with E-state index in [1.807, 2.05) is 0 Å². The molecule has 2 aliphatic heterocycles. The first kappa shape index (κ1) is 11.8. The third-order valence-corrected chi connectivity index (χ3v) is 4.45. The van der Waals surface area contributed by atoms with Crippen molar-refractivity contribution in [2.75, 3.05) is 26.3 Å². The number of ether oxygens (including phenoxy) is 2. The normalized spacial score (nSPS) is 19.3. The highest BCUT2D eigenvalue weighted by atomic mass is 32.2. The molecular formula is C11H14N2O4S. The molecule has 3 rings (SSSR count). The summed E-state index contributed by atoms with van der Waals surface area (Å²) in [6.45, 7) is 2.27. The molecule has 1 fully saturated rings. The predicted molar refractivity (Wildman–Crippen MR) is 64.4 cm³/mol. The average molecular weight is 270 g/mol. The van der Waals surface area contributed by atoms with Crippen molar-refractivity contribution in [2.45, 2.75) is 10.9 Å².